The first kappa shape index (κ1) is 12.2. The van der Waals surface area contributed by atoms with E-state index in [4.69, 9.17) is 14.3 Å². The van der Waals surface area contributed by atoms with Crippen LogP contribution < -0.4 is 10.4 Å². The highest BCUT2D eigenvalue weighted by atomic mass is 16.5. The van der Waals surface area contributed by atoms with Gasteiger partial charge in [-0.25, -0.2) is 4.79 Å². The third kappa shape index (κ3) is 2.07. The van der Waals surface area contributed by atoms with Crippen LogP contribution >= 0.6 is 0 Å². The van der Waals surface area contributed by atoms with Gasteiger partial charge in [-0.05, 0) is 24.6 Å². The average molecular weight is 248 g/mol. The number of carboxylic acid groups (broad SMARTS) is 1. The predicted octanol–water partition coefficient (Wildman–Crippen LogP) is 1.74. The first-order chi connectivity index (χ1) is 8.52. The second-order valence-corrected chi connectivity index (χ2v) is 3.94. The molecule has 0 radical (unpaired) electrons. The maximum atomic E-state index is 11.4. The molecule has 94 valence electrons. The number of aliphatic carboxylic acids is 1. The molecule has 18 heavy (non-hydrogen) atoms. The molecule has 0 fully saturated rings. The summed E-state index contributed by atoms with van der Waals surface area (Å²) in [4.78, 5) is 22.3. The number of carboxylic acids is 1. The second-order valence-electron chi connectivity index (χ2n) is 3.94. The van der Waals surface area contributed by atoms with Crippen LogP contribution in [0.3, 0.4) is 0 Å². The molecule has 1 aromatic carbocycles. The Morgan fingerprint density at radius 3 is 2.78 bits per heavy atom. The summed E-state index contributed by atoms with van der Waals surface area (Å²) >= 11 is 0. The fourth-order valence-corrected chi connectivity index (χ4v) is 1.93. The molecule has 0 amide bonds. The molecular formula is C13H12O5. The van der Waals surface area contributed by atoms with Crippen molar-refractivity contribution in [3.63, 3.8) is 0 Å². The van der Waals surface area contributed by atoms with Crippen LogP contribution in [0.1, 0.15) is 11.1 Å². The van der Waals surface area contributed by atoms with Gasteiger partial charge in [-0.15, -0.1) is 0 Å². The molecular weight excluding hydrogens is 236 g/mol. The van der Waals surface area contributed by atoms with E-state index in [0.717, 1.165) is 5.56 Å². The monoisotopic (exact) mass is 248 g/mol. The fraction of sp³-hybridized carbons (Fsp3) is 0.231. The summed E-state index contributed by atoms with van der Waals surface area (Å²) in [5.74, 6) is -0.608. The largest absolute Gasteiger partial charge is 0.496 e. The van der Waals surface area contributed by atoms with Gasteiger partial charge in [-0.3, -0.25) is 4.79 Å². The molecule has 0 spiro atoms. The van der Waals surface area contributed by atoms with Crippen molar-refractivity contribution in [2.24, 2.45) is 0 Å². The van der Waals surface area contributed by atoms with Crippen LogP contribution in [-0.2, 0) is 11.2 Å². The molecule has 0 saturated carbocycles. The number of ether oxygens (including phenoxy) is 1. The van der Waals surface area contributed by atoms with Gasteiger partial charge in [0.1, 0.15) is 11.3 Å². The van der Waals surface area contributed by atoms with E-state index in [1.807, 2.05) is 0 Å². The topological polar surface area (TPSA) is 76.7 Å². The molecule has 2 rings (SSSR count). The predicted molar refractivity (Wildman–Crippen MR) is 65.1 cm³/mol. The Labute approximate surface area is 103 Å². The van der Waals surface area contributed by atoms with E-state index < -0.39 is 11.6 Å². The lowest BCUT2D eigenvalue weighted by Crippen LogP contribution is -2.06. The first-order valence-electron chi connectivity index (χ1n) is 5.35. The zero-order valence-corrected chi connectivity index (χ0v) is 10.0. The SMILES string of the molecule is COc1ccc2c(C)cc(=O)oc2c1CC(=O)O. The molecule has 1 heterocycles. The average Bonchev–Trinajstić information content (AvgIpc) is 2.29. The number of benzene rings is 1. The highest BCUT2D eigenvalue weighted by Gasteiger charge is 2.15. The van der Waals surface area contributed by atoms with Crippen molar-refractivity contribution in [2.75, 3.05) is 7.11 Å². The minimum absolute atomic E-state index is 0.257. The first-order valence-corrected chi connectivity index (χ1v) is 5.35. The zero-order valence-electron chi connectivity index (χ0n) is 10.0. The number of rotatable bonds is 3. The minimum atomic E-state index is -1.01. The van der Waals surface area contributed by atoms with Crippen LogP contribution in [-0.4, -0.2) is 18.2 Å². The minimum Gasteiger partial charge on any atom is -0.496 e. The number of hydrogen-bond donors (Lipinski definition) is 1. The fourth-order valence-electron chi connectivity index (χ4n) is 1.93. The van der Waals surface area contributed by atoms with E-state index >= 15 is 0 Å². The molecule has 0 aliphatic carbocycles. The van der Waals surface area contributed by atoms with Crippen molar-refractivity contribution in [2.45, 2.75) is 13.3 Å². The summed E-state index contributed by atoms with van der Waals surface area (Å²) in [6, 6.07) is 4.80. The molecule has 2 aromatic rings. The van der Waals surface area contributed by atoms with Crippen LogP contribution in [0.5, 0.6) is 5.75 Å². The van der Waals surface area contributed by atoms with Crippen LogP contribution in [0, 0.1) is 6.92 Å². The standard InChI is InChI=1S/C13H12O5/c1-7-5-12(16)18-13-8(7)3-4-10(17-2)9(13)6-11(14)15/h3-5H,6H2,1-2H3,(H,14,15). The summed E-state index contributed by atoms with van der Waals surface area (Å²) in [5.41, 5.74) is 0.903. The molecule has 1 aromatic heterocycles. The number of carbonyl (C=O) groups is 1. The Balaban J connectivity index is 2.83. The maximum Gasteiger partial charge on any atom is 0.336 e. The molecule has 5 heteroatoms. The molecule has 0 aliphatic rings. The Bertz CT molecular complexity index is 669. The molecule has 0 unspecified atom stereocenters. The molecule has 0 atom stereocenters. The van der Waals surface area contributed by atoms with Gasteiger partial charge in [0.15, 0.2) is 0 Å². The van der Waals surface area contributed by atoms with Gasteiger partial charge in [0, 0.05) is 17.0 Å². The summed E-state index contributed by atoms with van der Waals surface area (Å²) in [6.07, 6.45) is -0.257. The Morgan fingerprint density at radius 1 is 1.44 bits per heavy atom. The quantitative estimate of drug-likeness (QED) is 0.837. The molecule has 0 bridgehead atoms. The molecule has 0 aliphatic heterocycles. The van der Waals surface area contributed by atoms with Crippen molar-refractivity contribution in [3.8, 4) is 5.75 Å². The maximum absolute atomic E-state index is 11.4. The van der Waals surface area contributed by atoms with Gasteiger partial charge in [-0.2, -0.15) is 0 Å². The smallest absolute Gasteiger partial charge is 0.336 e. The van der Waals surface area contributed by atoms with Crippen molar-refractivity contribution in [3.05, 3.63) is 39.7 Å². The second kappa shape index (κ2) is 4.52. The highest BCUT2D eigenvalue weighted by Crippen LogP contribution is 2.29. The Morgan fingerprint density at radius 2 is 2.17 bits per heavy atom. The van der Waals surface area contributed by atoms with E-state index in [-0.39, 0.29) is 12.0 Å². The third-order valence-electron chi connectivity index (χ3n) is 2.73. The van der Waals surface area contributed by atoms with Crippen molar-refractivity contribution in [1.29, 1.82) is 0 Å². The van der Waals surface area contributed by atoms with Gasteiger partial charge < -0.3 is 14.3 Å². The van der Waals surface area contributed by atoms with Crippen LogP contribution in [0.25, 0.3) is 11.0 Å². The van der Waals surface area contributed by atoms with Gasteiger partial charge >= 0.3 is 11.6 Å². The Kier molecular flexibility index (Phi) is 3.06. The highest BCUT2D eigenvalue weighted by molar-refractivity contribution is 5.88. The molecule has 0 saturated heterocycles. The summed E-state index contributed by atoms with van der Waals surface area (Å²) in [6.45, 7) is 1.77. The van der Waals surface area contributed by atoms with Gasteiger partial charge in [0.25, 0.3) is 0 Å². The normalized spacial score (nSPS) is 10.6. The van der Waals surface area contributed by atoms with Crippen molar-refractivity contribution >= 4 is 16.9 Å². The molecule has 5 nitrogen and oxygen atoms in total. The van der Waals surface area contributed by atoms with Crippen LogP contribution in [0.2, 0.25) is 0 Å². The lowest BCUT2D eigenvalue weighted by atomic mass is 10.0. The van der Waals surface area contributed by atoms with Gasteiger partial charge in [-0.1, -0.05) is 0 Å². The number of aryl methyl sites for hydroxylation is 1. The van der Waals surface area contributed by atoms with E-state index in [1.165, 1.54) is 13.2 Å². The van der Waals surface area contributed by atoms with E-state index in [2.05, 4.69) is 0 Å². The third-order valence-corrected chi connectivity index (χ3v) is 2.73. The van der Waals surface area contributed by atoms with E-state index in [9.17, 15) is 9.59 Å². The summed E-state index contributed by atoms with van der Waals surface area (Å²) in [5, 5.41) is 9.62. The van der Waals surface area contributed by atoms with Gasteiger partial charge in [0.05, 0.1) is 13.5 Å². The van der Waals surface area contributed by atoms with Crippen LogP contribution in [0.4, 0.5) is 0 Å². The van der Waals surface area contributed by atoms with Gasteiger partial charge in [0.2, 0.25) is 0 Å². The number of methoxy groups -OCH3 is 1. The van der Waals surface area contributed by atoms with E-state index in [1.54, 1.807) is 19.1 Å². The van der Waals surface area contributed by atoms with Crippen LogP contribution in [0.15, 0.2) is 27.4 Å². The van der Waals surface area contributed by atoms with E-state index in [0.29, 0.717) is 16.7 Å². The lowest BCUT2D eigenvalue weighted by Gasteiger charge is -2.10. The number of fused-ring (bicyclic) bond motifs is 1. The Hall–Kier alpha value is -2.30. The lowest BCUT2D eigenvalue weighted by molar-refractivity contribution is -0.136. The summed E-state index contributed by atoms with van der Waals surface area (Å²) in [7, 11) is 1.44. The zero-order chi connectivity index (χ0) is 13.3. The van der Waals surface area contributed by atoms with Crippen molar-refractivity contribution in [1.82, 2.24) is 0 Å². The van der Waals surface area contributed by atoms with Crippen molar-refractivity contribution < 1.29 is 19.1 Å². The molecule has 1 N–H and O–H groups in total. The number of hydrogen-bond acceptors (Lipinski definition) is 4. The summed E-state index contributed by atoms with van der Waals surface area (Å²) < 4.78 is 10.2.